The van der Waals surface area contributed by atoms with Gasteiger partial charge in [-0.05, 0) is 24.8 Å². The van der Waals surface area contributed by atoms with Crippen LogP contribution in [0, 0.1) is 5.92 Å². The highest BCUT2D eigenvalue weighted by Gasteiger charge is 2.42. The maximum absolute atomic E-state index is 11.8. The summed E-state index contributed by atoms with van der Waals surface area (Å²) in [7, 11) is 0. The molecular formula is C17H20O4. The van der Waals surface area contributed by atoms with Gasteiger partial charge in [0, 0.05) is 13.8 Å². The molecule has 4 heteroatoms. The lowest BCUT2D eigenvalue weighted by molar-refractivity contribution is -0.240. The van der Waals surface area contributed by atoms with Gasteiger partial charge in [0.15, 0.2) is 5.92 Å². The van der Waals surface area contributed by atoms with E-state index in [2.05, 4.69) is 0 Å². The van der Waals surface area contributed by atoms with Crippen molar-refractivity contribution in [2.24, 2.45) is 5.92 Å². The molecule has 0 saturated carbocycles. The minimum Gasteiger partial charge on any atom is -0.422 e. The number of carbonyl (C=O) groups excluding carboxylic acids is 2. The molecule has 21 heavy (non-hydrogen) atoms. The molecule has 1 saturated heterocycles. The monoisotopic (exact) mass is 288 g/mol. The summed E-state index contributed by atoms with van der Waals surface area (Å²) in [4.78, 5) is 23.5. The number of unbranched alkanes of at least 4 members (excludes halogenated alkanes) is 1. The van der Waals surface area contributed by atoms with E-state index in [1.807, 2.05) is 42.5 Å². The Bertz CT molecular complexity index is 511. The summed E-state index contributed by atoms with van der Waals surface area (Å²) in [6.07, 6.45) is 6.06. The van der Waals surface area contributed by atoms with E-state index in [4.69, 9.17) is 9.47 Å². The zero-order chi connectivity index (χ0) is 15.3. The van der Waals surface area contributed by atoms with Crippen LogP contribution in [0.25, 0.3) is 6.08 Å². The van der Waals surface area contributed by atoms with E-state index in [1.54, 1.807) is 13.8 Å². The lowest BCUT2D eigenvalue weighted by Crippen LogP contribution is -2.46. The molecule has 0 N–H and O–H groups in total. The van der Waals surface area contributed by atoms with Gasteiger partial charge in [-0.15, -0.1) is 0 Å². The maximum Gasteiger partial charge on any atom is 0.323 e. The van der Waals surface area contributed by atoms with Crippen molar-refractivity contribution in [1.82, 2.24) is 0 Å². The van der Waals surface area contributed by atoms with Crippen LogP contribution in [-0.4, -0.2) is 17.7 Å². The molecular weight excluding hydrogens is 268 g/mol. The summed E-state index contributed by atoms with van der Waals surface area (Å²) in [6.45, 7) is 3.11. The van der Waals surface area contributed by atoms with E-state index in [0.29, 0.717) is 6.42 Å². The number of rotatable bonds is 5. The summed E-state index contributed by atoms with van der Waals surface area (Å²) in [6, 6.07) is 9.98. The molecule has 2 rings (SSSR count). The zero-order valence-electron chi connectivity index (χ0n) is 12.4. The normalized spacial score (nSPS) is 18.6. The van der Waals surface area contributed by atoms with Crippen molar-refractivity contribution in [2.75, 3.05) is 0 Å². The van der Waals surface area contributed by atoms with Gasteiger partial charge in [-0.1, -0.05) is 42.5 Å². The standard InChI is InChI=1S/C17H20O4/c1-17(2)20-15(18)14(16(19)21-17)12-8-4-7-11-13-9-5-3-6-10-13/h3,5-7,9-11,14H,4,8,12H2,1-2H3. The molecule has 0 spiro atoms. The Morgan fingerprint density at radius 1 is 1.10 bits per heavy atom. The summed E-state index contributed by atoms with van der Waals surface area (Å²) in [5, 5.41) is 0. The first-order chi connectivity index (χ1) is 9.98. The number of benzene rings is 1. The van der Waals surface area contributed by atoms with Crippen LogP contribution in [-0.2, 0) is 19.1 Å². The van der Waals surface area contributed by atoms with Gasteiger partial charge in [-0.25, -0.2) is 0 Å². The number of esters is 2. The lowest BCUT2D eigenvalue weighted by atomic mass is 10.0. The van der Waals surface area contributed by atoms with Crippen molar-refractivity contribution in [3.63, 3.8) is 0 Å². The smallest absolute Gasteiger partial charge is 0.323 e. The molecule has 1 aliphatic heterocycles. The minimum absolute atomic E-state index is 0.451. The first-order valence-corrected chi connectivity index (χ1v) is 7.15. The average Bonchev–Trinajstić information content (AvgIpc) is 2.41. The molecule has 1 aliphatic rings. The van der Waals surface area contributed by atoms with Gasteiger partial charge in [0.25, 0.3) is 5.79 Å². The molecule has 0 aromatic heterocycles. The third kappa shape index (κ3) is 4.45. The minimum atomic E-state index is -1.14. The Morgan fingerprint density at radius 3 is 2.33 bits per heavy atom. The largest absolute Gasteiger partial charge is 0.422 e. The molecule has 1 aromatic carbocycles. The quantitative estimate of drug-likeness (QED) is 0.474. The molecule has 0 amide bonds. The van der Waals surface area contributed by atoms with Gasteiger partial charge >= 0.3 is 11.9 Å². The predicted molar refractivity (Wildman–Crippen MR) is 79.1 cm³/mol. The summed E-state index contributed by atoms with van der Waals surface area (Å²) in [5.41, 5.74) is 1.13. The average molecular weight is 288 g/mol. The molecule has 0 radical (unpaired) electrons. The van der Waals surface area contributed by atoms with E-state index >= 15 is 0 Å². The first kappa shape index (κ1) is 15.3. The molecule has 1 aromatic rings. The molecule has 112 valence electrons. The van der Waals surface area contributed by atoms with Gasteiger partial charge in [0.2, 0.25) is 0 Å². The van der Waals surface area contributed by atoms with Crippen LogP contribution in [0.4, 0.5) is 0 Å². The number of hydrogen-bond acceptors (Lipinski definition) is 4. The van der Waals surface area contributed by atoms with E-state index in [9.17, 15) is 9.59 Å². The molecule has 0 atom stereocenters. The summed E-state index contributed by atoms with van der Waals surface area (Å²) >= 11 is 0. The second-order valence-corrected chi connectivity index (χ2v) is 5.54. The van der Waals surface area contributed by atoms with E-state index in [1.165, 1.54) is 0 Å². The van der Waals surface area contributed by atoms with Crippen molar-refractivity contribution in [3.05, 3.63) is 42.0 Å². The van der Waals surface area contributed by atoms with Crippen molar-refractivity contribution in [3.8, 4) is 0 Å². The van der Waals surface area contributed by atoms with Gasteiger partial charge in [-0.3, -0.25) is 9.59 Å². The molecule has 4 nitrogen and oxygen atoms in total. The molecule has 1 heterocycles. The molecule has 0 unspecified atom stereocenters. The third-order valence-corrected chi connectivity index (χ3v) is 3.24. The fraction of sp³-hybridized carbons (Fsp3) is 0.412. The second-order valence-electron chi connectivity index (χ2n) is 5.54. The van der Waals surface area contributed by atoms with Gasteiger partial charge < -0.3 is 9.47 Å². The number of ether oxygens (including phenoxy) is 2. The third-order valence-electron chi connectivity index (χ3n) is 3.24. The second kappa shape index (κ2) is 6.57. The van der Waals surface area contributed by atoms with Crippen molar-refractivity contribution < 1.29 is 19.1 Å². The highest BCUT2D eigenvalue weighted by atomic mass is 16.7. The fourth-order valence-electron chi connectivity index (χ4n) is 2.20. The number of hydrogen-bond donors (Lipinski definition) is 0. The van der Waals surface area contributed by atoms with Crippen LogP contribution < -0.4 is 0 Å². The maximum atomic E-state index is 11.8. The molecule has 1 fully saturated rings. The molecule has 0 aliphatic carbocycles. The van der Waals surface area contributed by atoms with Crippen LogP contribution in [0.2, 0.25) is 0 Å². The van der Waals surface area contributed by atoms with Crippen LogP contribution in [0.3, 0.4) is 0 Å². The highest BCUT2D eigenvalue weighted by molar-refractivity contribution is 5.96. The number of carbonyl (C=O) groups is 2. The fourth-order valence-corrected chi connectivity index (χ4v) is 2.20. The zero-order valence-corrected chi connectivity index (χ0v) is 12.4. The van der Waals surface area contributed by atoms with Gasteiger partial charge in [0.05, 0.1) is 0 Å². The van der Waals surface area contributed by atoms with Gasteiger partial charge in [-0.2, -0.15) is 0 Å². The van der Waals surface area contributed by atoms with Crippen LogP contribution in [0.15, 0.2) is 36.4 Å². The number of allylic oxidation sites excluding steroid dienone is 1. The first-order valence-electron chi connectivity index (χ1n) is 7.15. The predicted octanol–water partition coefficient (Wildman–Crippen LogP) is 3.32. The van der Waals surface area contributed by atoms with Crippen molar-refractivity contribution in [1.29, 1.82) is 0 Å². The lowest BCUT2D eigenvalue weighted by Gasteiger charge is -2.32. The van der Waals surface area contributed by atoms with Crippen LogP contribution in [0.1, 0.15) is 38.7 Å². The van der Waals surface area contributed by atoms with Crippen molar-refractivity contribution in [2.45, 2.75) is 38.9 Å². The van der Waals surface area contributed by atoms with Crippen LogP contribution >= 0.6 is 0 Å². The summed E-state index contributed by atoms with van der Waals surface area (Å²) < 4.78 is 10.2. The Kier molecular flexibility index (Phi) is 4.78. The van der Waals surface area contributed by atoms with Gasteiger partial charge in [0.1, 0.15) is 0 Å². The highest BCUT2D eigenvalue weighted by Crippen LogP contribution is 2.26. The van der Waals surface area contributed by atoms with E-state index < -0.39 is 23.6 Å². The molecule has 0 bridgehead atoms. The van der Waals surface area contributed by atoms with E-state index in [-0.39, 0.29) is 0 Å². The SMILES string of the molecule is CC1(C)OC(=O)C(CCCC=Cc2ccccc2)C(=O)O1. The Hall–Kier alpha value is -2.10. The van der Waals surface area contributed by atoms with Crippen molar-refractivity contribution >= 4 is 18.0 Å². The number of cyclic esters (lactones) is 2. The van der Waals surface area contributed by atoms with E-state index in [0.717, 1.165) is 18.4 Å². The summed E-state index contributed by atoms with van der Waals surface area (Å²) in [5.74, 6) is -2.90. The Labute approximate surface area is 124 Å². The topological polar surface area (TPSA) is 52.6 Å². The van der Waals surface area contributed by atoms with Crippen LogP contribution in [0.5, 0.6) is 0 Å². The Balaban J connectivity index is 1.77. The Morgan fingerprint density at radius 2 is 1.71 bits per heavy atom.